The SMILES string of the molecule is NCCCc1ccc(S(=O)(=O)NCc2cccnn2)cc1. The van der Waals surface area contributed by atoms with Crippen molar-refractivity contribution in [3.05, 3.63) is 53.9 Å². The van der Waals surface area contributed by atoms with E-state index in [9.17, 15) is 8.42 Å². The second-order valence-electron chi connectivity index (χ2n) is 4.58. The summed E-state index contributed by atoms with van der Waals surface area (Å²) in [5, 5.41) is 7.54. The van der Waals surface area contributed by atoms with Gasteiger partial charge in [0.15, 0.2) is 0 Å². The second kappa shape index (κ2) is 7.26. The van der Waals surface area contributed by atoms with Crippen molar-refractivity contribution in [2.45, 2.75) is 24.3 Å². The van der Waals surface area contributed by atoms with Crippen molar-refractivity contribution < 1.29 is 8.42 Å². The van der Waals surface area contributed by atoms with Crippen LogP contribution in [0.25, 0.3) is 0 Å². The van der Waals surface area contributed by atoms with E-state index in [1.165, 1.54) is 6.20 Å². The average Bonchev–Trinajstić information content (AvgIpc) is 2.52. The summed E-state index contributed by atoms with van der Waals surface area (Å²) in [5.74, 6) is 0. The lowest BCUT2D eigenvalue weighted by Crippen LogP contribution is -2.23. The van der Waals surface area contributed by atoms with Gasteiger partial charge < -0.3 is 5.73 Å². The minimum atomic E-state index is -3.54. The predicted molar refractivity (Wildman–Crippen MR) is 79.9 cm³/mol. The minimum Gasteiger partial charge on any atom is -0.330 e. The molecule has 1 aromatic carbocycles. The molecule has 0 aliphatic rings. The van der Waals surface area contributed by atoms with E-state index >= 15 is 0 Å². The minimum absolute atomic E-state index is 0.116. The lowest BCUT2D eigenvalue weighted by molar-refractivity contribution is 0.580. The molecule has 0 radical (unpaired) electrons. The molecular formula is C14H18N4O2S. The number of nitrogens with one attached hydrogen (secondary N) is 1. The van der Waals surface area contributed by atoms with Crippen LogP contribution in [0.3, 0.4) is 0 Å². The van der Waals surface area contributed by atoms with Crippen molar-refractivity contribution in [2.24, 2.45) is 5.73 Å². The number of nitrogens with zero attached hydrogens (tertiary/aromatic N) is 2. The first kappa shape index (κ1) is 15.6. The highest BCUT2D eigenvalue weighted by Gasteiger charge is 2.13. The topological polar surface area (TPSA) is 98.0 Å². The molecule has 0 amide bonds. The summed E-state index contributed by atoms with van der Waals surface area (Å²) in [6.07, 6.45) is 3.28. The summed E-state index contributed by atoms with van der Waals surface area (Å²) in [4.78, 5) is 0.239. The third-order valence-corrected chi connectivity index (χ3v) is 4.39. The molecule has 0 saturated carbocycles. The standard InChI is InChI=1S/C14H18N4O2S/c15-9-1-3-12-5-7-14(8-6-12)21(19,20)17-11-13-4-2-10-16-18-13/h2,4-8,10,17H,1,3,9,11,15H2. The smallest absolute Gasteiger partial charge is 0.240 e. The lowest BCUT2D eigenvalue weighted by Gasteiger charge is -2.07. The van der Waals surface area contributed by atoms with Crippen LogP contribution in [-0.4, -0.2) is 25.2 Å². The van der Waals surface area contributed by atoms with Crippen molar-refractivity contribution >= 4 is 10.0 Å². The fourth-order valence-electron chi connectivity index (χ4n) is 1.82. The van der Waals surface area contributed by atoms with E-state index in [0.29, 0.717) is 12.2 Å². The van der Waals surface area contributed by atoms with Gasteiger partial charge in [0.1, 0.15) is 0 Å². The van der Waals surface area contributed by atoms with Gasteiger partial charge in [-0.25, -0.2) is 13.1 Å². The molecule has 0 fully saturated rings. The van der Waals surface area contributed by atoms with Crippen molar-refractivity contribution in [3.8, 4) is 0 Å². The van der Waals surface area contributed by atoms with Crippen LogP contribution in [0, 0.1) is 0 Å². The van der Waals surface area contributed by atoms with Gasteiger partial charge in [0.25, 0.3) is 0 Å². The molecule has 1 heterocycles. The number of hydrogen-bond donors (Lipinski definition) is 2. The molecule has 1 aromatic heterocycles. The molecular weight excluding hydrogens is 288 g/mol. The Hall–Kier alpha value is -1.83. The van der Waals surface area contributed by atoms with Crippen molar-refractivity contribution in [3.63, 3.8) is 0 Å². The molecule has 0 spiro atoms. The molecule has 0 aliphatic carbocycles. The molecule has 6 nitrogen and oxygen atoms in total. The van der Waals surface area contributed by atoms with Crippen LogP contribution in [0.5, 0.6) is 0 Å². The normalized spacial score (nSPS) is 11.5. The van der Waals surface area contributed by atoms with Gasteiger partial charge in [0.05, 0.1) is 17.1 Å². The van der Waals surface area contributed by atoms with Crippen LogP contribution in [0.4, 0.5) is 0 Å². The number of hydrogen-bond acceptors (Lipinski definition) is 5. The number of aromatic nitrogens is 2. The Kier molecular flexibility index (Phi) is 5.38. The van der Waals surface area contributed by atoms with E-state index in [0.717, 1.165) is 18.4 Å². The molecule has 0 saturated heterocycles. The number of rotatable bonds is 7. The maximum atomic E-state index is 12.2. The quantitative estimate of drug-likeness (QED) is 0.790. The molecule has 0 atom stereocenters. The van der Waals surface area contributed by atoms with Gasteiger partial charge in [-0.2, -0.15) is 10.2 Å². The zero-order chi connectivity index (χ0) is 15.1. The second-order valence-corrected chi connectivity index (χ2v) is 6.34. The van der Waals surface area contributed by atoms with E-state index in [-0.39, 0.29) is 11.4 Å². The molecule has 7 heteroatoms. The van der Waals surface area contributed by atoms with Crippen LogP contribution in [0.2, 0.25) is 0 Å². The fraction of sp³-hybridized carbons (Fsp3) is 0.286. The zero-order valence-electron chi connectivity index (χ0n) is 11.6. The third kappa shape index (κ3) is 4.59. The van der Waals surface area contributed by atoms with Crippen LogP contribution in [0.15, 0.2) is 47.5 Å². The predicted octanol–water partition coefficient (Wildman–Crippen LogP) is 0.846. The average molecular weight is 306 g/mol. The summed E-state index contributed by atoms with van der Waals surface area (Å²) in [6, 6.07) is 10.3. The summed E-state index contributed by atoms with van der Waals surface area (Å²) < 4.78 is 26.8. The van der Waals surface area contributed by atoms with E-state index in [1.807, 2.05) is 12.1 Å². The van der Waals surface area contributed by atoms with Gasteiger partial charge in [-0.15, -0.1) is 0 Å². The van der Waals surface area contributed by atoms with E-state index in [2.05, 4.69) is 14.9 Å². The Labute approximate surface area is 124 Å². The van der Waals surface area contributed by atoms with Crippen LogP contribution < -0.4 is 10.5 Å². The van der Waals surface area contributed by atoms with Gasteiger partial charge in [0, 0.05) is 6.20 Å². The molecule has 2 rings (SSSR count). The fourth-order valence-corrected chi connectivity index (χ4v) is 2.82. The van der Waals surface area contributed by atoms with E-state index in [1.54, 1.807) is 24.3 Å². The maximum absolute atomic E-state index is 12.2. The monoisotopic (exact) mass is 306 g/mol. The first-order chi connectivity index (χ1) is 10.1. The van der Waals surface area contributed by atoms with Gasteiger partial charge >= 0.3 is 0 Å². The number of nitrogens with two attached hydrogens (primary N) is 1. The van der Waals surface area contributed by atoms with Crippen LogP contribution in [0.1, 0.15) is 17.7 Å². The summed E-state index contributed by atoms with van der Waals surface area (Å²) in [6.45, 7) is 0.741. The van der Waals surface area contributed by atoms with Crippen LogP contribution in [-0.2, 0) is 23.0 Å². The van der Waals surface area contributed by atoms with E-state index < -0.39 is 10.0 Å². The highest BCUT2D eigenvalue weighted by Crippen LogP contribution is 2.12. The van der Waals surface area contributed by atoms with Gasteiger partial charge in [0.2, 0.25) is 10.0 Å². The third-order valence-electron chi connectivity index (χ3n) is 2.97. The molecule has 0 unspecified atom stereocenters. The van der Waals surface area contributed by atoms with Gasteiger partial charge in [-0.3, -0.25) is 0 Å². The largest absolute Gasteiger partial charge is 0.330 e. The Bertz CT molecular complexity index is 657. The molecule has 2 aromatic rings. The maximum Gasteiger partial charge on any atom is 0.240 e. The lowest BCUT2D eigenvalue weighted by atomic mass is 10.1. The summed E-state index contributed by atoms with van der Waals surface area (Å²) in [7, 11) is -3.54. The molecule has 21 heavy (non-hydrogen) atoms. The Morgan fingerprint density at radius 3 is 2.52 bits per heavy atom. The van der Waals surface area contributed by atoms with Crippen molar-refractivity contribution in [2.75, 3.05) is 6.54 Å². The van der Waals surface area contributed by atoms with Crippen molar-refractivity contribution in [1.82, 2.24) is 14.9 Å². The van der Waals surface area contributed by atoms with Gasteiger partial charge in [-0.1, -0.05) is 12.1 Å². The Morgan fingerprint density at radius 1 is 1.14 bits per heavy atom. The first-order valence-electron chi connectivity index (χ1n) is 6.67. The highest BCUT2D eigenvalue weighted by molar-refractivity contribution is 7.89. The molecule has 0 aliphatic heterocycles. The molecule has 3 N–H and O–H groups in total. The zero-order valence-corrected chi connectivity index (χ0v) is 12.4. The van der Waals surface area contributed by atoms with Crippen LogP contribution >= 0.6 is 0 Å². The number of aryl methyl sites for hydroxylation is 1. The Balaban J connectivity index is 2.02. The number of benzene rings is 1. The molecule has 0 bridgehead atoms. The first-order valence-corrected chi connectivity index (χ1v) is 8.15. The van der Waals surface area contributed by atoms with Crippen molar-refractivity contribution in [1.29, 1.82) is 0 Å². The summed E-state index contributed by atoms with van der Waals surface area (Å²) in [5.41, 5.74) is 7.10. The van der Waals surface area contributed by atoms with E-state index in [4.69, 9.17) is 5.73 Å². The number of sulfonamides is 1. The summed E-state index contributed by atoms with van der Waals surface area (Å²) >= 11 is 0. The Morgan fingerprint density at radius 2 is 1.90 bits per heavy atom. The molecule has 112 valence electrons. The van der Waals surface area contributed by atoms with Gasteiger partial charge in [-0.05, 0) is 49.2 Å². The highest BCUT2D eigenvalue weighted by atomic mass is 32.2.